The summed E-state index contributed by atoms with van der Waals surface area (Å²) in [6, 6.07) is 0. The molecule has 2 aliphatic carbocycles. The van der Waals surface area contributed by atoms with Gasteiger partial charge in [-0.15, -0.1) is 0 Å². The minimum atomic E-state index is -1.45. The second-order valence-corrected chi connectivity index (χ2v) is 6.74. The van der Waals surface area contributed by atoms with E-state index in [-0.39, 0.29) is 18.9 Å². The second-order valence-electron chi connectivity index (χ2n) is 6.74. The Morgan fingerprint density at radius 3 is 2.50 bits per heavy atom. The monoisotopic (exact) mass is 314 g/mol. The molecule has 1 spiro atoms. The summed E-state index contributed by atoms with van der Waals surface area (Å²) < 4.78 is 29.1. The van der Waals surface area contributed by atoms with Crippen molar-refractivity contribution in [3.05, 3.63) is 0 Å². The summed E-state index contributed by atoms with van der Waals surface area (Å²) in [5.74, 6) is -2.53. The van der Waals surface area contributed by atoms with Crippen molar-refractivity contribution < 1.29 is 33.6 Å². The van der Waals surface area contributed by atoms with Crippen LogP contribution >= 0.6 is 0 Å². The van der Waals surface area contributed by atoms with Crippen molar-refractivity contribution in [1.29, 1.82) is 0 Å². The molecule has 2 aliphatic heterocycles. The molecular formula is C15H22O7. The van der Waals surface area contributed by atoms with E-state index in [0.717, 1.165) is 12.8 Å². The Hall–Kier alpha value is -0.730. The molecule has 4 rings (SSSR count). The molecule has 0 aromatic rings. The molecular weight excluding hydrogens is 292 g/mol. The van der Waals surface area contributed by atoms with Gasteiger partial charge < -0.3 is 28.8 Å². The SMILES string of the molecule is COC1(OC)CCCC[C@@]12O[C@H]1[C@H]3C[C@@](O)(C[C@H]1O2)C(=O)O3. The first-order chi connectivity index (χ1) is 10.5. The molecule has 2 saturated carbocycles. The molecule has 0 radical (unpaired) electrons. The third kappa shape index (κ3) is 1.71. The van der Waals surface area contributed by atoms with Crippen molar-refractivity contribution in [3.63, 3.8) is 0 Å². The molecule has 0 unspecified atom stereocenters. The van der Waals surface area contributed by atoms with Crippen LogP contribution in [0.25, 0.3) is 0 Å². The molecule has 2 saturated heterocycles. The first-order valence-corrected chi connectivity index (χ1v) is 7.87. The second kappa shape index (κ2) is 4.64. The molecule has 4 aliphatic rings. The maximum absolute atomic E-state index is 11.8. The third-order valence-corrected chi connectivity index (χ3v) is 5.62. The lowest BCUT2D eigenvalue weighted by atomic mass is 9.82. The zero-order valence-corrected chi connectivity index (χ0v) is 12.9. The van der Waals surface area contributed by atoms with Gasteiger partial charge in [-0.1, -0.05) is 0 Å². The van der Waals surface area contributed by atoms with E-state index in [2.05, 4.69) is 0 Å². The van der Waals surface area contributed by atoms with Crippen LogP contribution in [-0.2, 0) is 28.5 Å². The Bertz CT molecular complexity index is 490. The quantitative estimate of drug-likeness (QED) is 0.586. The standard InChI is InChI=1S/C15H22O7/c1-18-14(19-2)5-3-4-6-15(14)21-10-8-13(17)7-9(11(10)22-15)20-12(13)16/h9-11,17H,3-8H2,1-2H3/t9-,10-,11+,13-,15-/m1/s1. The Morgan fingerprint density at radius 2 is 1.77 bits per heavy atom. The van der Waals surface area contributed by atoms with E-state index in [9.17, 15) is 9.90 Å². The van der Waals surface area contributed by atoms with Crippen LogP contribution in [0.2, 0.25) is 0 Å². The largest absolute Gasteiger partial charge is 0.457 e. The lowest BCUT2D eigenvalue weighted by molar-refractivity contribution is -0.388. The van der Waals surface area contributed by atoms with Gasteiger partial charge in [-0.2, -0.15) is 0 Å². The highest BCUT2D eigenvalue weighted by molar-refractivity contribution is 5.82. The Kier molecular flexibility index (Phi) is 3.13. The average molecular weight is 314 g/mol. The summed E-state index contributed by atoms with van der Waals surface area (Å²) in [4.78, 5) is 11.8. The van der Waals surface area contributed by atoms with Crippen LogP contribution in [0.5, 0.6) is 0 Å². The van der Waals surface area contributed by atoms with E-state index < -0.39 is 35.4 Å². The van der Waals surface area contributed by atoms with Crippen molar-refractivity contribution in [2.75, 3.05) is 14.2 Å². The number of hydrogen-bond donors (Lipinski definition) is 1. The highest BCUT2D eigenvalue weighted by Gasteiger charge is 2.69. The number of fused-ring (bicyclic) bond motifs is 4. The van der Waals surface area contributed by atoms with Gasteiger partial charge in [0, 0.05) is 39.9 Å². The number of esters is 1. The fraction of sp³-hybridized carbons (Fsp3) is 0.933. The van der Waals surface area contributed by atoms with Crippen LogP contribution in [0.4, 0.5) is 0 Å². The van der Waals surface area contributed by atoms with Gasteiger partial charge in [0.2, 0.25) is 11.6 Å². The van der Waals surface area contributed by atoms with Crippen molar-refractivity contribution >= 4 is 5.97 Å². The van der Waals surface area contributed by atoms with Crippen LogP contribution in [0, 0.1) is 0 Å². The highest BCUT2D eigenvalue weighted by atomic mass is 16.8. The van der Waals surface area contributed by atoms with E-state index in [1.165, 1.54) is 0 Å². The number of carbonyl (C=O) groups is 1. The van der Waals surface area contributed by atoms with E-state index >= 15 is 0 Å². The summed E-state index contributed by atoms with van der Waals surface area (Å²) in [5, 5.41) is 10.4. The smallest absolute Gasteiger partial charge is 0.338 e. The van der Waals surface area contributed by atoms with Crippen LogP contribution in [-0.4, -0.2) is 60.8 Å². The molecule has 22 heavy (non-hydrogen) atoms. The molecule has 2 bridgehead atoms. The van der Waals surface area contributed by atoms with Crippen molar-refractivity contribution in [2.24, 2.45) is 0 Å². The van der Waals surface area contributed by atoms with Gasteiger partial charge in [0.1, 0.15) is 12.2 Å². The molecule has 124 valence electrons. The summed E-state index contributed by atoms with van der Waals surface area (Å²) in [6.07, 6.45) is 2.46. The maximum Gasteiger partial charge on any atom is 0.338 e. The minimum absolute atomic E-state index is 0.193. The lowest BCUT2D eigenvalue weighted by Gasteiger charge is -2.47. The van der Waals surface area contributed by atoms with Crippen LogP contribution in [0.3, 0.4) is 0 Å². The van der Waals surface area contributed by atoms with E-state index in [4.69, 9.17) is 23.7 Å². The molecule has 2 heterocycles. The van der Waals surface area contributed by atoms with Gasteiger partial charge >= 0.3 is 5.97 Å². The maximum atomic E-state index is 11.8. The molecule has 0 aromatic carbocycles. The van der Waals surface area contributed by atoms with Crippen molar-refractivity contribution in [2.45, 2.75) is 74.0 Å². The molecule has 7 nitrogen and oxygen atoms in total. The summed E-state index contributed by atoms with van der Waals surface area (Å²) >= 11 is 0. The van der Waals surface area contributed by atoms with Crippen molar-refractivity contribution in [3.8, 4) is 0 Å². The molecule has 0 amide bonds. The molecule has 7 heteroatoms. The van der Waals surface area contributed by atoms with Crippen LogP contribution < -0.4 is 0 Å². The molecule has 5 atom stereocenters. The van der Waals surface area contributed by atoms with E-state index in [1.54, 1.807) is 14.2 Å². The van der Waals surface area contributed by atoms with Crippen molar-refractivity contribution in [1.82, 2.24) is 0 Å². The summed E-state index contributed by atoms with van der Waals surface area (Å²) in [6.45, 7) is 0. The molecule has 4 fully saturated rings. The zero-order chi connectivity index (χ0) is 15.6. The minimum Gasteiger partial charge on any atom is -0.457 e. The predicted octanol–water partition coefficient (Wildman–Crippen LogP) is 0.480. The summed E-state index contributed by atoms with van der Waals surface area (Å²) in [7, 11) is 3.18. The van der Waals surface area contributed by atoms with Gasteiger partial charge in [0.15, 0.2) is 5.60 Å². The number of ether oxygens (including phenoxy) is 5. The first-order valence-electron chi connectivity index (χ1n) is 7.87. The van der Waals surface area contributed by atoms with E-state index in [0.29, 0.717) is 12.8 Å². The number of hydrogen-bond acceptors (Lipinski definition) is 7. The Balaban J connectivity index is 1.66. The lowest BCUT2D eigenvalue weighted by Crippen LogP contribution is -2.60. The van der Waals surface area contributed by atoms with Crippen LogP contribution in [0.1, 0.15) is 38.5 Å². The van der Waals surface area contributed by atoms with Crippen LogP contribution in [0.15, 0.2) is 0 Å². The zero-order valence-electron chi connectivity index (χ0n) is 12.9. The van der Waals surface area contributed by atoms with Gasteiger partial charge in [0.05, 0.1) is 6.10 Å². The molecule has 0 aromatic heterocycles. The van der Waals surface area contributed by atoms with Gasteiger partial charge in [-0.05, 0) is 12.8 Å². The predicted molar refractivity (Wildman–Crippen MR) is 71.8 cm³/mol. The first kappa shape index (κ1) is 14.8. The number of methoxy groups -OCH3 is 2. The van der Waals surface area contributed by atoms with E-state index in [1.807, 2.05) is 0 Å². The summed E-state index contributed by atoms with van der Waals surface area (Å²) in [5.41, 5.74) is -1.45. The fourth-order valence-electron chi connectivity index (χ4n) is 4.49. The third-order valence-electron chi connectivity index (χ3n) is 5.62. The number of rotatable bonds is 2. The normalized spacial score (nSPS) is 49.2. The highest BCUT2D eigenvalue weighted by Crippen LogP contribution is 2.54. The molecule has 1 N–H and O–H groups in total. The Labute approximate surface area is 128 Å². The van der Waals surface area contributed by atoms with Gasteiger partial charge in [0.25, 0.3) is 0 Å². The van der Waals surface area contributed by atoms with Gasteiger partial charge in [-0.25, -0.2) is 4.79 Å². The van der Waals surface area contributed by atoms with Gasteiger partial charge in [-0.3, -0.25) is 0 Å². The Morgan fingerprint density at radius 1 is 1.09 bits per heavy atom. The fourth-order valence-corrected chi connectivity index (χ4v) is 4.49. The number of carbonyl (C=O) groups excluding carboxylic acids is 1. The topological polar surface area (TPSA) is 83.5 Å². The number of aliphatic hydroxyl groups is 1. The average Bonchev–Trinajstić information content (AvgIpc) is 2.98.